The van der Waals surface area contributed by atoms with E-state index in [1.54, 1.807) is 18.5 Å². The van der Waals surface area contributed by atoms with Gasteiger partial charge in [-0.05, 0) is 18.6 Å². The third-order valence-corrected chi connectivity index (χ3v) is 2.10. The van der Waals surface area contributed by atoms with Gasteiger partial charge >= 0.3 is 0 Å². The van der Waals surface area contributed by atoms with Crippen molar-refractivity contribution in [1.29, 1.82) is 0 Å². The highest BCUT2D eigenvalue weighted by Crippen LogP contribution is 2.13. The summed E-state index contributed by atoms with van der Waals surface area (Å²) in [4.78, 5) is 3.94. The summed E-state index contributed by atoms with van der Waals surface area (Å²) in [5, 5.41) is 4.00. The Labute approximate surface area is 86.6 Å². The molecule has 4 nitrogen and oxygen atoms in total. The van der Waals surface area contributed by atoms with E-state index in [0.717, 1.165) is 5.56 Å². The molecule has 0 aliphatic rings. The summed E-state index contributed by atoms with van der Waals surface area (Å²) >= 11 is 0. The van der Waals surface area contributed by atoms with Gasteiger partial charge in [0, 0.05) is 24.5 Å². The number of aromatic nitrogens is 3. The van der Waals surface area contributed by atoms with Crippen molar-refractivity contribution in [1.82, 2.24) is 14.8 Å². The van der Waals surface area contributed by atoms with Crippen LogP contribution >= 0.6 is 0 Å². The molecular weight excluding hydrogens is 195 g/mol. The predicted molar refractivity (Wildman–Crippen MR) is 53.9 cm³/mol. The van der Waals surface area contributed by atoms with Crippen LogP contribution in [0.4, 0.5) is 4.39 Å². The van der Waals surface area contributed by atoms with E-state index in [4.69, 9.17) is 5.73 Å². The van der Waals surface area contributed by atoms with E-state index < -0.39 is 5.82 Å². The molecule has 0 saturated heterocycles. The normalized spacial score (nSPS) is 10.6. The second kappa shape index (κ2) is 3.78. The van der Waals surface area contributed by atoms with Crippen LogP contribution in [0.15, 0.2) is 24.7 Å². The minimum atomic E-state index is -0.414. The summed E-state index contributed by atoms with van der Waals surface area (Å²) in [7, 11) is 0. The maximum Gasteiger partial charge on any atom is 0.190 e. The van der Waals surface area contributed by atoms with Crippen molar-refractivity contribution in [3.8, 4) is 5.82 Å². The Morgan fingerprint density at radius 3 is 2.93 bits per heavy atom. The third-order valence-electron chi connectivity index (χ3n) is 2.10. The van der Waals surface area contributed by atoms with Crippen LogP contribution in [0, 0.1) is 12.7 Å². The monoisotopic (exact) mass is 206 g/mol. The summed E-state index contributed by atoms with van der Waals surface area (Å²) in [5.74, 6) is -0.228. The highest BCUT2D eigenvalue weighted by Gasteiger charge is 2.10. The lowest BCUT2D eigenvalue weighted by molar-refractivity contribution is 0.585. The van der Waals surface area contributed by atoms with Crippen LogP contribution in [0.1, 0.15) is 11.1 Å². The van der Waals surface area contributed by atoms with Crippen molar-refractivity contribution in [2.24, 2.45) is 5.73 Å². The van der Waals surface area contributed by atoms with Gasteiger partial charge in [0.25, 0.3) is 0 Å². The highest BCUT2D eigenvalue weighted by molar-refractivity contribution is 5.30. The largest absolute Gasteiger partial charge is 0.326 e. The molecule has 0 amide bonds. The van der Waals surface area contributed by atoms with Gasteiger partial charge in [0.1, 0.15) is 0 Å². The first-order chi connectivity index (χ1) is 7.22. The Morgan fingerprint density at radius 1 is 1.53 bits per heavy atom. The van der Waals surface area contributed by atoms with Crippen LogP contribution in [0.25, 0.3) is 5.82 Å². The molecule has 0 aliphatic carbocycles. The molecule has 0 fully saturated rings. The summed E-state index contributed by atoms with van der Waals surface area (Å²) in [5.41, 5.74) is 6.80. The van der Waals surface area contributed by atoms with Crippen molar-refractivity contribution in [2.75, 3.05) is 0 Å². The molecule has 0 spiro atoms. The fourth-order valence-electron chi connectivity index (χ4n) is 1.32. The van der Waals surface area contributed by atoms with E-state index in [1.807, 2.05) is 6.92 Å². The molecular formula is C10H11FN4. The number of nitrogens with two attached hydrogens (primary N) is 1. The van der Waals surface area contributed by atoms with Crippen LogP contribution < -0.4 is 5.73 Å². The molecule has 2 N–H and O–H groups in total. The molecule has 2 aromatic heterocycles. The highest BCUT2D eigenvalue weighted by atomic mass is 19.1. The smallest absolute Gasteiger partial charge is 0.190 e. The first-order valence-electron chi connectivity index (χ1n) is 4.57. The van der Waals surface area contributed by atoms with Crippen LogP contribution in [-0.2, 0) is 6.54 Å². The SMILES string of the molecule is Cc1cnn(-c2nccc(CN)c2F)c1. The number of aryl methyl sites for hydroxylation is 1. The van der Waals surface area contributed by atoms with Crippen molar-refractivity contribution >= 4 is 0 Å². The van der Waals surface area contributed by atoms with Crippen LogP contribution in [0.5, 0.6) is 0 Å². The summed E-state index contributed by atoms with van der Waals surface area (Å²) < 4.78 is 15.2. The van der Waals surface area contributed by atoms with Gasteiger partial charge in [0.05, 0.1) is 6.20 Å². The molecule has 5 heteroatoms. The van der Waals surface area contributed by atoms with Crippen LogP contribution in [0.3, 0.4) is 0 Å². The van der Waals surface area contributed by atoms with E-state index in [2.05, 4.69) is 10.1 Å². The lowest BCUT2D eigenvalue weighted by Crippen LogP contribution is -2.07. The van der Waals surface area contributed by atoms with E-state index >= 15 is 0 Å². The maximum atomic E-state index is 13.8. The molecule has 0 bridgehead atoms. The van der Waals surface area contributed by atoms with Gasteiger partial charge in [-0.3, -0.25) is 0 Å². The number of rotatable bonds is 2. The molecule has 2 heterocycles. The summed E-state index contributed by atoms with van der Waals surface area (Å²) in [6, 6.07) is 1.56. The van der Waals surface area contributed by atoms with Gasteiger partial charge in [-0.15, -0.1) is 0 Å². The topological polar surface area (TPSA) is 56.7 Å². The van der Waals surface area contributed by atoms with Gasteiger partial charge in [-0.2, -0.15) is 5.10 Å². The number of hydrogen-bond donors (Lipinski definition) is 1. The number of nitrogens with zero attached hydrogens (tertiary/aromatic N) is 3. The number of hydrogen-bond acceptors (Lipinski definition) is 3. The second-order valence-electron chi connectivity index (χ2n) is 3.27. The van der Waals surface area contributed by atoms with Crippen molar-refractivity contribution in [3.05, 3.63) is 41.6 Å². The average Bonchev–Trinajstić information content (AvgIpc) is 2.65. The number of pyridine rings is 1. The first kappa shape index (κ1) is 9.79. The van der Waals surface area contributed by atoms with Gasteiger partial charge in [0.2, 0.25) is 0 Å². The van der Waals surface area contributed by atoms with E-state index in [1.165, 1.54) is 10.9 Å². The first-order valence-corrected chi connectivity index (χ1v) is 4.57. The Hall–Kier alpha value is -1.75. The Balaban J connectivity index is 2.53. The van der Waals surface area contributed by atoms with E-state index in [-0.39, 0.29) is 12.4 Å². The summed E-state index contributed by atoms with van der Waals surface area (Å²) in [6.45, 7) is 2.04. The van der Waals surface area contributed by atoms with Gasteiger partial charge in [-0.25, -0.2) is 14.1 Å². The Bertz CT molecular complexity index is 478. The molecule has 0 radical (unpaired) electrons. The molecule has 0 atom stereocenters. The molecule has 0 aromatic carbocycles. The zero-order valence-corrected chi connectivity index (χ0v) is 8.31. The van der Waals surface area contributed by atoms with Gasteiger partial charge < -0.3 is 5.73 Å². The van der Waals surface area contributed by atoms with Gasteiger partial charge in [-0.1, -0.05) is 0 Å². The van der Waals surface area contributed by atoms with Gasteiger partial charge in [0.15, 0.2) is 11.6 Å². The van der Waals surface area contributed by atoms with Crippen molar-refractivity contribution in [3.63, 3.8) is 0 Å². The van der Waals surface area contributed by atoms with E-state index in [0.29, 0.717) is 5.56 Å². The number of halogens is 1. The zero-order valence-electron chi connectivity index (χ0n) is 8.31. The fourth-order valence-corrected chi connectivity index (χ4v) is 1.32. The maximum absolute atomic E-state index is 13.8. The lowest BCUT2D eigenvalue weighted by Gasteiger charge is -2.04. The standard InChI is InChI=1S/C10H11FN4/c1-7-5-14-15(6-7)10-9(11)8(4-12)2-3-13-10/h2-3,5-6H,4,12H2,1H3. The second-order valence-corrected chi connectivity index (χ2v) is 3.27. The fraction of sp³-hybridized carbons (Fsp3) is 0.200. The quantitative estimate of drug-likeness (QED) is 0.802. The molecule has 2 aromatic rings. The third kappa shape index (κ3) is 1.73. The Kier molecular flexibility index (Phi) is 2.47. The molecule has 0 aliphatic heterocycles. The Morgan fingerprint density at radius 2 is 2.33 bits per heavy atom. The summed E-state index contributed by atoms with van der Waals surface area (Å²) in [6.07, 6.45) is 4.89. The van der Waals surface area contributed by atoms with E-state index in [9.17, 15) is 4.39 Å². The van der Waals surface area contributed by atoms with Crippen molar-refractivity contribution < 1.29 is 4.39 Å². The molecule has 15 heavy (non-hydrogen) atoms. The predicted octanol–water partition coefficient (Wildman–Crippen LogP) is 1.17. The van der Waals surface area contributed by atoms with Crippen LogP contribution in [0.2, 0.25) is 0 Å². The molecule has 78 valence electrons. The van der Waals surface area contributed by atoms with Crippen LogP contribution in [-0.4, -0.2) is 14.8 Å². The minimum Gasteiger partial charge on any atom is -0.326 e. The minimum absolute atomic E-state index is 0.154. The molecule has 2 rings (SSSR count). The zero-order chi connectivity index (χ0) is 10.8. The van der Waals surface area contributed by atoms with Crippen molar-refractivity contribution in [2.45, 2.75) is 13.5 Å². The average molecular weight is 206 g/mol. The molecule has 0 saturated carbocycles. The lowest BCUT2D eigenvalue weighted by atomic mass is 10.2. The molecule has 0 unspecified atom stereocenters.